The minimum atomic E-state index is 0.0276. The van der Waals surface area contributed by atoms with Gasteiger partial charge in [-0.25, -0.2) is 0 Å². The third kappa shape index (κ3) is 3.02. The van der Waals surface area contributed by atoms with Crippen LogP contribution >= 0.6 is 0 Å². The van der Waals surface area contributed by atoms with Crippen molar-refractivity contribution in [3.8, 4) is 0 Å². The summed E-state index contributed by atoms with van der Waals surface area (Å²) in [4.78, 5) is 24.0. The Morgan fingerprint density at radius 3 is 3.08 bits per heavy atom. The molecule has 0 saturated carbocycles. The molecular formula is C8H15N3O2. The molecule has 0 unspecified atom stereocenters. The average Bonchev–Trinajstić information content (AvgIpc) is 2.30. The van der Waals surface area contributed by atoms with E-state index in [9.17, 15) is 9.59 Å². The van der Waals surface area contributed by atoms with Gasteiger partial charge in [0.25, 0.3) is 0 Å². The quantitative estimate of drug-likeness (QED) is 0.553. The number of nitrogens with zero attached hydrogens (tertiary/aromatic N) is 1. The van der Waals surface area contributed by atoms with Crippen LogP contribution in [0.2, 0.25) is 0 Å². The molecule has 0 spiro atoms. The predicted molar refractivity (Wildman–Crippen MR) is 48.1 cm³/mol. The zero-order valence-corrected chi connectivity index (χ0v) is 7.80. The van der Waals surface area contributed by atoms with E-state index in [4.69, 9.17) is 0 Å². The molecule has 13 heavy (non-hydrogen) atoms. The van der Waals surface area contributed by atoms with Gasteiger partial charge in [-0.3, -0.25) is 9.59 Å². The molecular weight excluding hydrogens is 170 g/mol. The third-order valence-corrected chi connectivity index (χ3v) is 1.99. The van der Waals surface area contributed by atoms with Crippen LogP contribution in [0.1, 0.15) is 6.42 Å². The van der Waals surface area contributed by atoms with Crippen molar-refractivity contribution in [3.05, 3.63) is 0 Å². The summed E-state index contributed by atoms with van der Waals surface area (Å²) < 4.78 is 0. The Bertz CT molecular complexity index is 206. The van der Waals surface area contributed by atoms with Crippen molar-refractivity contribution in [2.45, 2.75) is 6.42 Å². The SMILES string of the molecule is CNCC(=O)N1CCNC(=O)CC1. The molecule has 0 aromatic carbocycles. The lowest BCUT2D eigenvalue weighted by atomic mass is 10.3. The number of carbonyl (C=O) groups is 2. The van der Waals surface area contributed by atoms with Gasteiger partial charge in [0.15, 0.2) is 0 Å². The minimum absolute atomic E-state index is 0.0276. The fourth-order valence-corrected chi connectivity index (χ4v) is 1.28. The average molecular weight is 185 g/mol. The number of hydrogen-bond acceptors (Lipinski definition) is 3. The molecule has 0 atom stereocenters. The minimum Gasteiger partial charge on any atom is -0.354 e. The van der Waals surface area contributed by atoms with Crippen LogP contribution < -0.4 is 10.6 Å². The molecule has 1 fully saturated rings. The maximum Gasteiger partial charge on any atom is 0.236 e. The van der Waals surface area contributed by atoms with E-state index in [2.05, 4.69) is 10.6 Å². The van der Waals surface area contributed by atoms with Crippen molar-refractivity contribution >= 4 is 11.8 Å². The molecule has 1 aliphatic rings. The number of carbonyl (C=O) groups excluding carboxylic acids is 2. The third-order valence-electron chi connectivity index (χ3n) is 1.99. The highest BCUT2D eigenvalue weighted by molar-refractivity contribution is 5.81. The highest BCUT2D eigenvalue weighted by atomic mass is 16.2. The lowest BCUT2D eigenvalue weighted by Crippen LogP contribution is -2.39. The second kappa shape index (κ2) is 4.81. The van der Waals surface area contributed by atoms with Gasteiger partial charge >= 0.3 is 0 Å². The highest BCUT2D eigenvalue weighted by Gasteiger charge is 2.16. The first-order valence-electron chi connectivity index (χ1n) is 4.43. The van der Waals surface area contributed by atoms with Crippen molar-refractivity contribution in [3.63, 3.8) is 0 Å². The molecule has 2 amide bonds. The van der Waals surface area contributed by atoms with Crippen LogP contribution in [0.4, 0.5) is 0 Å². The Hall–Kier alpha value is -1.10. The summed E-state index contributed by atoms with van der Waals surface area (Å²) in [6, 6.07) is 0. The van der Waals surface area contributed by atoms with Crippen molar-refractivity contribution < 1.29 is 9.59 Å². The Labute approximate surface area is 77.5 Å². The van der Waals surface area contributed by atoms with Gasteiger partial charge in [0.05, 0.1) is 6.54 Å². The number of likely N-dealkylation sites (N-methyl/N-ethyl adjacent to an activating group) is 1. The largest absolute Gasteiger partial charge is 0.354 e. The summed E-state index contributed by atoms with van der Waals surface area (Å²) in [5.41, 5.74) is 0. The van der Waals surface area contributed by atoms with E-state index < -0.39 is 0 Å². The summed E-state index contributed by atoms with van der Waals surface area (Å²) in [7, 11) is 1.74. The molecule has 1 saturated heterocycles. The molecule has 1 rings (SSSR count). The molecule has 2 N–H and O–H groups in total. The topological polar surface area (TPSA) is 61.4 Å². The van der Waals surface area contributed by atoms with Crippen molar-refractivity contribution in [1.29, 1.82) is 0 Å². The number of rotatable bonds is 2. The van der Waals surface area contributed by atoms with Crippen LogP contribution in [0.3, 0.4) is 0 Å². The molecule has 0 aromatic heterocycles. The summed E-state index contributed by atoms with van der Waals surface area (Å²) in [5.74, 6) is 0.0822. The summed E-state index contributed by atoms with van der Waals surface area (Å²) >= 11 is 0. The number of nitrogens with one attached hydrogen (secondary N) is 2. The molecule has 1 heterocycles. The van der Waals surface area contributed by atoms with Gasteiger partial charge < -0.3 is 15.5 Å². The lowest BCUT2D eigenvalue weighted by molar-refractivity contribution is -0.130. The summed E-state index contributed by atoms with van der Waals surface area (Å²) in [5, 5.41) is 5.52. The molecule has 0 aliphatic carbocycles. The first-order valence-corrected chi connectivity index (χ1v) is 4.43. The number of hydrogen-bond donors (Lipinski definition) is 2. The zero-order valence-electron chi connectivity index (χ0n) is 7.80. The fraction of sp³-hybridized carbons (Fsp3) is 0.750. The maximum atomic E-state index is 11.4. The van der Waals surface area contributed by atoms with E-state index in [1.165, 1.54) is 0 Å². The van der Waals surface area contributed by atoms with E-state index >= 15 is 0 Å². The van der Waals surface area contributed by atoms with Gasteiger partial charge in [-0.15, -0.1) is 0 Å². The maximum absolute atomic E-state index is 11.4. The van der Waals surface area contributed by atoms with Gasteiger partial charge in [0.1, 0.15) is 0 Å². The van der Waals surface area contributed by atoms with Crippen molar-refractivity contribution in [2.24, 2.45) is 0 Å². The fourth-order valence-electron chi connectivity index (χ4n) is 1.28. The lowest BCUT2D eigenvalue weighted by Gasteiger charge is -2.18. The van der Waals surface area contributed by atoms with Crippen molar-refractivity contribution in [1.82, 2.24) is 15.5 Å². The molecule has 0 aromatic rings. The monoisotopic (exact) mass is 185 g/mol. The molecule has 0 bridgehead atoms. The van der Waals surface area contributed by atoms with Crippen LogP contribution in [0.5, 0.6) is 0 Å². The molecule has 74 valence electrons. The van der Waals surface area contributed by atoms with Crippen molar-refractivity contribution in [2.75, 3.05) is 33.2 Å². The normalized spacial score (nSPS) is 17.9. The molecule has 5 heteroatoms. The molecule has 1 aliphatic heterocycles. The van der Waals surface area contributed by atoms with E-state index in [1.54, 1.807) is 11.9 Å². The zero-order chi connectivity index (χ0) is 9.68. The van der Waals surface area contributed by atoms with E-state index in [-0.39, 0.29) is 11.8 Å². The second-order valence-electron chi connectivity index (χ2n) is 3.01. The Kier molecular flexibility index (Phi) is 3.70. The van der Waals surface area contributed by atoms with Gasteiger partial charge in [0, 0.05) is 26.1 Å². The molecule has 0 radical (unpaired) electrons. The van der Waals surface area contributed by atoms with Gasteiger partial charge in [0.2, 0.25) is 11.8 Å². The van der Waals surface area contributed by atoms with Crippen LogP contribution in [-0.2, 0) is 9.59 Å². The summed E-state index contributed by atoms with van der Waals surface area (Å²) in [6.45, 7) is 2.06. The predicted octanol–water partition coefficient (Wildman–Crippen LogP) is -1.45. The Morgan fingerprint density at radius 2 is 2.38 bits per heavy atom. The highest BCUT2D eigenvalue weighted by Crippen LogP contribution is 1.96. The first-order chi connectivity index (χ1) is 6.24. The summed E-state index contributed by atoms with van der Waals surface area (Å²) in [6.07, 6.45) is 0.412. The Balaban J connectivity index is 2.41. The van der Waals surface area contributed by atoms with Gasteiger partial charge in [-0.1, -0.05) is 0 Å². The second-order valence-corrected chi connectivity index (χ2v) is 3.01. The standard InChI is InChI=1S/C8H15N3O2/c1-9-6-8(13)11-4-2-7(12)10-3-5-11/h9H,2-6H2,1H3,(H,10,12). The van der Waals surface area contributed by atoms with Crippen LogP contribution in [0.25, 0.3) is 0 Å². The van der Waals surface area contributed by atoms with Gasteiger partial charge in [-0.05, 0) is 7.05 Å². The van der Waals surface area contributed by atoms with Crippen LogP contribution in [-0.4, -0.2) is 49.9 Å². The van der Waals surface area contributed by atoms with Crippen LogP contribution in [0, 0.1) is 0 Å². The van der Waals surface area contributed by atoms with E-state index in [0.717, 1.165) is 0 Å². The molecule has 5 nitrogen and oxygen atoms in total. The van der Waals surface area contributed by atoms with E-state index in [1.807, 2.05) is 0 Å². The van der Waals surface area contributed by atoms with Gasteiger partial charge in [-0.2, -0.15) is 0 Å². The van der Waals surface area contributed by atoms with E-state index in [0.29, 0.717) is 32.6 Å². The van der Waals surface area contributed by atoms with Crippen LogP contribution in [0.15, 0.2) is 0 Å². The smallest absolute Gasteiger partial charge is 0.236 e. The number of amides is 2. The Morgan fingerprint density at radius 1 is 1.62 bits per heavy atom. The first kappa shape index (κ1) is 9.98.